The van der Waals surface area contributed by atoms with Gasteiger partial charge in [0.2, 0.25) is 26.0 Å². The van der Waals surface area contributed by atoms with Crippen LogP contribution >= 0.6 is 23.2 Å². The third kappa shape index (κ3) is 5.76. The number of benzene rings is 2. The first-order chi connectivity index (χ1) is 14.5. The van der Waals surface area contributed by atoms with Crippen LogP contribution < -0.4 is 10.5 Å². The van der Waals surface area contributed by atoms with E-state index in [1.54, 1.807) is 12.1 Å². The molecule has 1 amide bonds. The maximum absolute atomic E-state index is 13.0. The van der Waals surface area contributed by atoms with Crippen LogP contribution in [0.25, 0.3) is 0 Å². The fraction of sp³-hybridized carbons (Fsp3) is 0.316. The van der Waals surface area contributed by atoms with Crippen molar-refractivity contribution in [3.63, 3.8) is 0 Å². The van der Waals surface area contributed by atoms with E-state index in [1.165, 1.54) is 34.6 Å². The van der Waals surface area contributed by atoms with Crippen molar-refractivity contribution in [3.05, 3.63) is 58.1 Å². The lowest BCUT2D eigenvalue weighted by Gasteiger charge is -2.31. The molecule has 1 saturated heterocycles. The first kappa shape index (κ1) is 24.0. The van der Waals surface area contributed by atoms with Gasteiger partial charge in [-0.3, -0.25) is 4.79 Å². The number of nitrogens with zero attached hydrogens (tertiary/aromatic N) is 1. The number of primary sulfonamides is 1. The van der Waals surface area contributed by atoms with Gasteiger partial charge in [0.1, 0.15) is 4.90 Å². The number of hydrogen-bond acceptors (Lipinski definition) is 5. The van der Waals surface area contributed by atoms with Crippen LogP contribution in [0, 0.1) is 5.92 Å². The molecular formula is C19H21Cl2N3O5S2. The topological polar surface area (TPSA) is 127 Å². The number of sulfonamides is 2. The van der Waals surface area contributed by atoms with Crippen LogP contribution in [-0.2, 0) is 31.4 Å². The van der Waals surface area contributed by atoms with Crippen molar-refractivity contribution in [2.45, 2.75) is 29.2 Å². The highest BCUT2D eigenvalue weighted by Gasteiger charge is 2.34. The predicted octanol–water partition coefficient (Wildman–Crippen LogP) is 2.36. The minimum absolute atomic E-state index is 0.0182. The average Bonchev–Trinajstić information content (AvgIpc) is 2.73. The Kier molecular flexibility index (Phi) is 7.29. The molecule has 0 spiro atoms. The summed E-state index contributed by atoms with van der Waals surface area (Å²) in [5.74, 6) is -0.808. The number of piperidine rings is 1. The van der Waals surface area contributed by atoms with E-state index in [9.17, 15) is 21.6 Å². The molecule has 3 N–H and O–H groups in total. The van der Waals surface area contributed by atoms with Gasteiger partial charge < -0.3 is 5.32 Å². The Morgan fingerprint density at radius 2 is 1.77 bits per heavy atom. The maximum Gasteiger partial charge on any atom is 0.244 e. The molecule has 2 aromatic rings. The van der Waals surface area contributed by atoms with Gasteiger partial charge in [-0.25, -0.2) is 22.0 Å². The Hall–Kier alpha value is -1.69. The molecule has 1 aliphatic rings. The summed E-state index contributed by atoms with van der Waals surface area (Å²) < 4.78 is 49.9. The van der Waals surface area contributed by atoms with Gasteiger partial charge in [0.05, 0.1) is 15.8 Å². The molecule has 0 radical (unpaired) electrons. The van der Waals surface area contributed by atoms with Gasteiger partial charge in [-0.15, -0.1) is 0 Å². The summed E-state index contributed by atoms with van der Waals surface area (Å²) in [6.07, 6.45) is 1.07. The van der Waals surface area contributed by atoms with E-state index in [1.807, 2.05) is 0 Å². The molecular weight excluding hydrogens is 485 g/mol. The number of carbonyl (C=O) groups is 1. The van der Waals surface area contributed by atoms with E-state index in [4.69, 9.17) is 28.3 Å². The molecule has 1 fully saturated rings. The third-order valence-corrected chi connectivity index (χ3v) is 8.50. The van der Waals surface area contributed by atoms with Crippen molar-refractivity contribution >= 4 is 49.2 Å². The Morgan fingerprint density at radius 1 is 1.10 bits per heavy atom. The molecule has 3 rings (SSSR count). The second-order valence-corrected chi connectivity index (χ2v) is 11.5. The average molecular weight is 506 g/mol. The molecule has 0 saturated carbocycles. The zero-order chi connectivity index (χ0) is 22.8. The molecule has 0 aromatic heterocycles. The molecule has 12 heteroatoms. The first-order valence-corrected chi connectivity index (χ1v) is 13.1. The van der Waals surface area contributed by atoms with Crippen molar-refractivity contribution < 1.29 is 21.6 Å². The number of rotatable bonds is 6. The number of amides is 1. The highest BCUT2D eigenvalue weighted by Crippen LogP contribution is 2.30. The van der Waals surface area contributed by atoms with Crippen LogP contribution in [0.3, 0.4) is 0 Å². The third-order valence-electron chi connectivity index (χ3n) is 4.98. The first-order valence-electron chi connectivity index (χ1n) is 9.33. The minimum Gasteiger partial charge on any atom is -0.352 e. The van der Waals surface area contributed by atoms with Gasteiger partial charge in [-0.05, 0) is 48.7 Å². The van der Waals surface area contributed by atoms with Crippen molar-refractivity contribution in [2.24, 2.45) is 11.1 Å². The molecule has 1 aliphatic heterocycles. The lowest BCUT2D eigenvalue weighted by atomic mass is 9.99. The van der Waals surface area contributed by atoms with Gasteiger partial charge in [-0.2, -0.15) is 4.31 Å². The quantitative estimate of drug-likeness (QED) is 0.622. The number of nitrogens with one attached hydrogen (secondary N) is 1. The largest absolute Gasteiger partial charge is 0.352 e. The van der Waals surface area contributed by atoms with Gasteiger partial charge >= 0.3 is 0 Å². The number of nitrogens with two attached hydrogens (primary N) is 1. The minimum atomic E-state index is -3.90. The van der Waals surface area contributed by atoms with Crippen LogP contribution in [0.5, 0.6) is 0 Å². The van der Waals surface area contributed by atoms with Gasteiger partial charge in [0.15, 0.2) is 0 Å². The molecule has 1 unspecified atom stereocenters. The van der Waals surface area contributed by atoms with E-state index in [0.717, 1.165) is 0 Å². The molecule has 1 atom stereocenters. The Bertz CT molecular complexity index is 1190. The summed E-state index contributed by atoms with van der Waals surface area (Å²) in [7, 11) is -7.68. The van der Waals surface area contributed by atoms with E-state index in [2.05, 4.69) is 5.32 Å². The van der Waals surface area contributed by atoms with Crippen LogP contribution in [-0.4, -0.2) is 40.1 Å². The van der Waals surface area contributed by atoms with Crippen LogP contribution in [0.2, 0.25) is 10.0 Å². The van der Waals surface area contributed by atoms with Crippen LogP contribution in [0.15, 0.2) is 52.3 Å². The lowest BCUT2D eigenvalue weighted by Crippen LogP contribution is -2.45. The predicted molar refractivity (Wildman–Crippen MR) is 118 cm³/mol. The van der Waals surface area contributed by atoms with E-state index >= 15 is 0 Å². The zero-order valence-corrected chi connectivity index (χ0v) is 19.4. The smallest absolute Gasteiger partial charge is 0.244 e. The Morgan fingerprint density at radius 3 is 2.42 bits per heavy atom. The van der Waals surface area contributed by atoms with Crippen LogP contribution in [0.1, 0.15) is 18.4 Å². The zero-order valence-electron chi connectivity index (χ0n) is 16.3. The number of halogens is 2. The summed E-state index contributed by atoms with van der Waals surface area (Å²) in [5.41, 5.74) is 0.687. The van der Waals surface area contributed by atoms with Gasteiger partial charge in [-0.1, -0.05) is 35.3 Å². The molecule has 168 valence electrons. The molecule has 1 heterocycles. The fourth-order valence-corrected chi connectivity index (χ4v) is 6.10. The summed E-state index contributed by atoms with van der Waals surface area (Å²) in [6.45, 7) is 0.485. The summed E-state index contributed by atoms with van der Waals surface area (Å²) >= 11 is 12.0. The standard InChI is InChI=1S/C19H21Cl2N3O5S2/c20-15-5-8-17(21)18(10-15)31(28,29)24-9-1-2-14(12-24)19(25)23-11-13-3-6-16(7-4-13)30(22,26)27/h3-8,10,14H,1-2,9,11-12H2,(H,23,25)(H2,22,26,27). The summed E-state index contributed by atoms with van der Waals surface area (Å²) in [6, 6.07) is 10.1. The monoisotopic (exact) mass is 505 g/mol. The second kappa shape index (κ2) is 9.43. The SMILES string of the molecule is NS(=O)(=O)c1ccc(CNC(=O)C2CCCN(S(=O)(=O)c3cc(Cl)ccc3Cl)C2)cc1. The highest BCUT2D eigenvalue weighted by molar-refractivity contribution is 7.89. The summed E-state index contributed by atoms with van der Waals surface area (Å²) in [5, 5.41) is 8.16. The van der Waals surface area contributed by atoms with E-state index < -0.39 is 26.0 Å². The maximum atomic E-state index is 13.0. The molecule has 8 nitrogen and oxygen atoms in total. The fourth-order valence-electron chi connectivity index (χ4n) is 3.32. The van der Waals surface area contributed by atoms with Crippen molar-refractivity contribution in [3.8, 4) is 0 Å². The van der Waals surface area contributed by atoms with Gasteiger partial charge in [0, 0.05) is 24.7 Å². The van der Waals surface area contributed by atoms with Crippen molar-refractivity contribution in [1.82, 2.24) is 9.62 Å². The number of hydrogen-bond donors (Lipinski definition) is 2. The van der Waals surface area contributed by atoms with Crippen molar-refractivity contribution in [1.29, 1.82) is 0 Å². The molecule has 0 bridgehead atoms. The normalized spacial score (nSPS) is 18.0. The Balaban J connectivity index is 1.66. The second-order valence-electron chi connectivity index (χ2n) is 7.18. The molecule has 0 aliphatic carbocycles. The Labute approximate surface area is 191 Å². The van der Waals surface area contributed by atoms with E-state index in [-0.39, 0.29) is 45.4 Å². The van der Waals surface area contributed by atoms with Gasteiger partial charge in [0.25, 0.3) is 0 Å². The highest BCUT2D eigenvalue weighted by atomic mass is 35.5. The summed E-state index contributed by atoms with van der Waals surface area (Å²) in [4.78, 5) is 12.5. The lowest BCUT2D eigenvalue weighted by molar-refractivity contribution is -0.126. The van der Waals surface area contributed by atoms with Crippen molar-refractivity contribution in [2.75, 3.05) is 13.1 Å². The molecule has 31 heavy (non-hydrogen) atoms. The molecule has 2 aromatic carbocycles. The number of carbonyl (C=O) groups excluding carboxylic acids is 1. The van der Waals surface area contributed by atoms with Crippen LogP contribution in [0.4, 0.5) is 0 Å². The van der Waals surface area contributed by atoms with E-state index in [0.29, 0.717) is 18.4 Å².